The lowest BCUT2D eigenvalue weighted by Crippen LogP contribution is -2.37. The zero-order valence-corrected chi connectivity index (χ0v) is 14.9. The van der Waals surface area contributed by atoms with Gasteiger partial charge in [-0.25, -0.2) is 0 Å². The first-order valence-electron chi connectivity index (χ1n) is 8.83. The van der Waals surface area contributed by atoms with Crippen molar-refractivity contribution in [1.82, 2.24) is 5.32 Å². The average molecular weight is 338 g/mol. The summed E-state index contributed by atoms with van der Waals surface area (Å²) in [7, 11) is 0. The molecule has 1 atom stereocenters. The number of nitrogens with one attached hydrogen (secondary N) is 2. The van der Waals surface area contributed by atoms with Crippen LogP contribution in [0.3, 0.4) is 0 Å². The third-order valence-corrected chi connectivity index (χ3v) is 4.17. The molecule has 0 bridgehead atoms. The Bertz CT molecular complexity index is 681. The van der Waals surface area contributed by atoms with E-state index in [-0.39, 0.29) is 5.92 Å². The van der Waals surface area contributed by atoms with Crippen molar-refractivity contribution >= 4 is 17.5 Å². The minimum absolute atomic E-state index is 0.149. The lowest BCUT2D eigenvalue weighted by molar-refractivity contribution is -0.136. The van der Waals surface area contributed by atoms with Crippen LogP contribution in [0.2, 0.25) is 0 Å². The first kappa shape index (κ1) is 18.7. The molecule has 132 valence electrons. The van der Waals surface area contributed by atoms with Gasteiger partial charge in [0.2, 0.25) is 0 Å². The number of carbonyl (C=O) groups excluding carboxylic acids is 2. The van der Waals surface area contributed by atoms with E-state index in [1.807, 2.05) is 61.5 Å². The summed E-state index contributed by atoms with van der Waals surface area (Å²) in [6.45, 7) is 4.60. The molecule has 0 spiro atoms. The fraction of sp³-hybridized carbons (Fsp3) is 0.333. The molecular formula is C21H26N2O2. The molecule has 0 aliphatic heterocycles. The molecule has 25 heavy (non-hydrogen) atoms. The lowest BCUT2D eigenvalue weighted by Gasteiger charge is -2.13. The number of anilines is 1. The van der Waals surface area contributed by atoms with Crippen LogP contribution in [-0.2, 0) is 16.0 Å². The lowest BCUT2D eigenvalue weighted by atomic mass is 10.0. The van der Waals surface area contributed by atoms with Gasteiger partial charge in [-0.15, -0.1) is 0 Å². The fourth-order valence-corrected chi connectivity index (χ4v) is 2.55. The zero-order chi connectivity index (χ0) is 18.1. The summed E-state index contributed by atoms with van der Waals surface area (Å²) in [5.74, 6) is -1.10. The minimum Gasteiger partial charge on any atom is -0.347 e. The molecule has 0 aliphatic rings. The van der Waals surface area contributed by atoms with Crippen molar-refractivity contribution in [3.05, 3.63) is 65.7 Å². The molecule has 0 aromatic heterocycles. The predicted octanol–water partition coefficient (Wildman–Crippen LogP) is 3.89. The van der Waals surface area contributed by atoms with E-state index in [0.29, 0.717) is 12.2 Å². The summed E-state index contributed by atoms with van der Waals surface area (Å²) >= 11 is 0. The molecule has 2 aromatic carbocycles. The van der Waals surface area contributed by atoms with Gasteiger partial charge in [0.25, 0.3) is 0 Å². The molecule has 0 saturated carbocycles. The standard InChI is InChI=1S/C21H26N2O2/c1-3-4-8-17-11-13-19(14-12-17)23-21(25)20(24)22-15-16(2)18-9-6-5-7-10-18/h5-7,9-14,16H,3-4,8,15H2,1-2H3,(H,22,24)(H,23,25)/t16-/m0/s1. The molecule has 4 heteroatoms. The Balaban J connectivity index is 1.80. The number of hydrogen-bond donors (Lipinski definition) is 2. The summed E-state index contributed by atoms with van der Waals surface area (Å²) in [5, 5.41) is 5.33. The molecule has 2 aromatic rings. The quantitative estimate of drug-likeness (QED) is 0.753. The Labute approximate surface area is 149 Å². The van der Waals surface area contributed by atoms with Crippen molar-refractivity contribution in [3.63, 3.8) is 0 Å². The van der Waals surface area contributed by atoms with E-state index in [1.165, 1.54) is 5.56 Å². The smallest absolute Gasteiger partial charge is 0.313 e. The molecule has 0 saturated heterocycles. The largest absolute Gasteiger partial charge is 0.347 e. The maximum absolute atomic E-state index is 12.0. The number of carbonyl (C=O) groups is 2. The Kier molecular flexibility index (Phi) is 7.20. The van der Waals surface area contributed by atoms with Crippen LogP contribution in [0.25, 0.3) is 0 Å². The molecule has 2 amide bonds. The van der Waals surface area contributed by atoms with Crippen molar-refractivity contribution in [2.24, 2.45) is 0 Å². The van der Waals surface area contributed by atoms with Crippen LogP contribution in [0.1, 0.15) is 43.7 Å². The van der Waals surface area contributed by atoms with Crippen LogP contribution in [0.15, 0.2) is 54.6 Å². The number of amides is 2. The maximum atomic E-state index is 12.0. The van der Waals surface area contributed by atoms with Gasteiger partial charge in [-0.1, -0.05) is 62.7 Å². The molecular weight excluding hydrogens is 312 g/mol. The van der Waals surface area contributed by atoms with Gasteiger partial charge in [0.05, 0.1) is 0 Å². The van der Waals surface area contributed by atoms with Crippen molar-refractivity contribution in [2.75, 3.05) is 11.9 Å². The van der Waals surface area contributed by atoms with Gasteiger partial charge in [0.15, 0.2) is 0 Å². The molecule has 0 radical (unpaired) electrons. The molecule has 2 N–H and O–H groups in total. The SMILES string of the molecule is CCCCc1ccc(NC(=O)C(=O)NC[C@H](C)c2ccccc2)cc1. The minimum atomic E-state index is -0.637. The Morgan fingerprint density at radius 1 is 0.960 bits per heavy atom. The van der Waals surface area contributed by atoms with Crippen molar-refractivity contribution in [1.29, 1.82) is 0 Å². The van der Waals surface area contributed by atoms with E-state index in [9.17, 15) is 9.59 Å². The highest BCUT2D eigenvalue weighted by Crippen LogP contribution is 2.13. The molecule has 0 aliphatic carbocycles. The van der Waals surface area contributed by atoms with E-state index in [4.69, 9.17) is 0 Å². The van der Waals surface area contributed by atoms with Crippen molar-refractivity contribution in [3.8, 4) is 0 Å². The van der Waals surface area contributed by atoms with Crippen LogP contribution in [0.4, 0.5) is 5.69 Å². The van der Waals surface area contributed by atoms with Gasteiger partial charge in [0.1, 0.15) is 0 Å². The Morgan fingerprint density at radius 3 is 2.28 bits per heavy atom. The van der Waals surface area contributed by atoms with Crippen molar-refractivity contribution in [2.45, 2.75) is 39.0 Å². The number of aryl methyl sites for hydroxylation is 1. The van der Waals surface area contributed by atoms with E-state index >= 15 is 0 Å². The van der Waals surface area contributed by atoms with Gasteiger partial charge in [-0.3, -0.25) is 9.59 Å². The molecule has 2 rings (SSSR count). The van der Waals surface area contributed by atoms with E-state index < -0.39 is 11.8 Å². The summed E-state index contributed by atoms with van der Waals surface area (Å²) in [4.78, 5) is 24.0. The fourth-order valence-electron chi connectivity index (χ4n) is 2.55. The third-order valence-electron chi connectivity index (χ3n) is 4.17. The molecule has 0 fully saturated rings. The van der Waals surface area contributed by atoms with Gasteiger partial charge in [-0.05, 0) is 42.0 Å². The van der Waals surface area contributed by atoms with Crippen LogP contribution >= 0.6 is 0 Å². The van der Waals surface area contributed by atoms with Crippen molar-refractivity contribution < 1.29 is 9.59 Å². The second-order valence-electron chi connectivity index (χ2n) is 6.28. The first-order chi connectivity index (χ1) is 12.1. The highest BCUT2D eigenvalue weighted by atomic mass is 16.2. The molecule has 4 nitrogen and oxygen atoms in total. The summed E-state index contributed by atoms with van der Waals surface area (Å²) in [6.07, 6.45) is 3.33. The maximum Gasteiger partial charge on any atom is 0.313 e. The number of rotatable bonds is 7. The van der Waals surface area contributed by atoms with Gasteiger partial charge in [0, 0.05) is 12.2 Å². The second-order valence-corrected chi connectivity index (χ2v) is 6.28. The Hall–Kier alpha value is -2.62. The zero-order valence-electron chi connectivity index (χ0n) is 14.9. The summed E-state index contributed by atoms with van der Waals surface area (Å²) < 4.78 is 0. The van der Waals surface area contributed by atoms with Crippen LogP contribution in [0, 0.1) is 0 Å². The molecule has 0 unspecified atom stereocenters. The number of hydrogen-bond acceptors (Lipinski definition) is 2. The van der Waals surface area contributed by atoms with Crippen LogP contribution < -0.4 is 10.6 Å². The predicted molar refractivity (Wildman–Crippen MR) is 102 cm³/mol. The van der Waals surface area contributed by atoms with E-state index in [2.05, 4.69) is 17.6 Å². The highest BCUT2D eigenvalue weighted by Gasteiger charge is 2.15. The molecule has 0 heterocycles. The Morgan fingerprint density at radius 2 is 1.64 bits per heavy atom. The highest BCUT2D eigenvalue weighted by molar-refractivity contribution is 6.39. The number of unbranched alkanes of at least 4 members (excludes halogenated alkanes) is 1. The van der Waals surface area contributed by atoms with Gasteiger partial charge >= 0.3 is 11.8 Å². The first-order valence-corrected chi connectivity index (χ1v) is 8.83. The monoisotopic (exact) mass is 338 g/mol. The van der Waals surface area contributed by atoms with Gasteiger partial charge in [-0.2, -0.15) is 0 Å². The second kappa shape index (κ2) is 9.62. The third kappa shape index (κ3) is 6.07. The van der Waals surface area contributed by atoms with E-state index in [1.54, 1.807) is 0 Å². The topological polar surface area (TPSA) is 58.2 Å². The normalized spacial score (nSPS) is 11.6. The van der Waals surface area contributed by atoms with Crippen LogP contribution in [0.5, 0.6) is 0 Å². The summed E-state index contributed by atoms with van der Waals surface area (Å²) in [6, 6.07) is 17.5. The number of benzene rings is 2. The van der Waals surface area contributed by atoms with Gasteiger partial charge < -0.3 is 10.6 Å². The van der Waals surface area contributed by atoms with Crippen LogP contribution in [-0.4, -0.2) is 18.4 Å². The van der Waals surface area contributed by atoms with E-state index in [0.717, 1.165) is 24.8 Å². The summed E-state index contributed by atoms with van der Waals surface area (Å²) in [5.41, 5.74) is 3.00. The average Bonchev–Trinajstić information content (AvgIpc) is 2.65.